The van der Waals surface area contributed by atoms with E-state index in [0.29, 0.717) is 12.1 Å². The van der Waals surface area contributed by atoms with Crippen LogP contribution in [-0.2, 0) is 24.3 Å². The molecule has 0 bridgehead atoms. The van der Waals surface area contributed by atoms with E-state index in [0.717, 1.165) is 44.7 Å². The van der Waals surface area contributed by atoms with E-state index in [-0.39, 0.29) is 29.6 Å². The second-order valence-corrected chi connectivity index (χ2v) is 7.75. The fourth-order valence-electron chi connectivity index (χ4n) is 4.44. The van der Waals surface area contributed by atoms with Crippen molar-refractivity contribution in [1.82, 2.24) is 19.8 Å². The number of carbonyl (C=O) groups is 1. The Hall–Kier alpha value is -2.21. The van der Waals surface area contributed by atoms with Crippen LogP contribution in [0.1, 0.15) is 37.6 Å². The lowest BCUT2D eigenvalue weighted by Gasteiger charge is -2.30. The SMILES string of the molecule is CCn1ccnc1CN(C(=O)Cc1ccccc1F)C1CC12CCNCC2. The maximum Gasteiger partial charge on any atom is 0.227 e. The number of carbonyl (C=O) groups excluding carboxylic acids is 1. The predicted molar refractivity (Wildman–Crippen MR) is 101 cm³/mol. The molecule has 5 nitrogen and oxygen atoms in total. The summed E-state index contributed by atoms with van der Waals surface area (Å²) in [5.41, 5.74) is 0.700. The topological polar surface area (TPSA) is 50.2 Å². The molecule has 2 heterocycles. The van der Waals surface area contributed by atoms with Crippen LogP contribution in [-0.4, -0.2) is 39.5 Å². The van der Waals surface area contributed by atoms with E-state index in [1.54, 1.807) is 24.4 Å². The van der Waals surface area contributed by atoms with Crippen LogP contribution in [0, 0.1) is 11.2 Å². The quantitative estimate of drug-likeness (QED) is 0.851. The molecular weight excluding hydrogens is 343 g/mol. The molecule has 1 aromatic carbocycles. The minimum atomic E-state index is -0.312. The molecule has 1 aromatic heterocycles. The van der Waals surface area contributed by atoms with Crippen molar-refractivity contribution in [3.8, 4) is 0 Å². The number of aryl methyl sites for hydroxylation is 1. The highest BCUT2D eigenvalue weighted by Crippen LogP contribution is 2.56. The fraction of sp³-hybridized carbons (Fsp3) is 0.524. The third-order valence-electron chi connectivity index (χ3n) is 6.20. The Morgan fingerprint density at radius 1 is 1.37 bits per heavy atom. The van der Waals surface area contributed by atoms with Crippen molar-refractivity contribution in [2.24, 2.45) is 5.41 Å². The van der Waals surface area contributed by atoms with Gasteiger partial charge in [0.25, 0.3) is 0 Å². The van der Waals surface area contributed by atoms with Gasteiger partial charge in [0.2, 0.25) is 5.91 Å². The van der Waals surface area contributed by atoms with E-state index in [1.165, 1.54) is 6.07 Å². The standard InChI is InChI=1S/C21H27FN4O/c1-2-25-12-11-24-19(25)15-26(18-14-21(18)7-9-23-10-8-21)20(27)13-16-5-3-4-6-17(16)22/h3-6,11-12,18,23H,2,7-10,13-15H2,1H3. The van der Waals surface area contributed by atoms with Gasteiger partial charge in [-0.1, -0.05) is 18.2 Å². The Morgan fingerprint density at radius 3 is 2.89 bits per heavy atom. The van der Waals surface area contributed by atoms with Crippen molar-refractivity contribution < 1.29 is 9.18 Å². The van der Waals surface area contributed by atoms with Gasteiger partial charge >= 0.3 is 0 Å². The van der Waals surface area contributed by atoms with Gasteiger partial charge in [-0.3, -0.25) is 4.79 Å². The maximum atomic E-state index is 14.1. The second-order valence-electron chi connectivity index (χ2n) is 7.75. The summed E-state index contributed by atoms with van der Waals surface area (Å²) >= 11 is 0. The van der Waals surface area contributed by atoms with Crippen LogP contribution in [0.5, 0.6) is 0 Å². The molecule has 1 spiro atoms. The minimum Gasteiger partial charge on any atom is -0.334 e. The predicted octanol–water partition coefficient (Wildman–Crippen LogP) is 2.76. The molecule has 1 aliphatic carbocycles. The Bertz CT molecular complexity index is 812. The van der Waals surface area contributed by atoms with Crippen LogP contribution in [0.3, 0.4) is 0 Å². The fourth-order valence-corrected chi connectivity index (χ4v) is 4.44. The lowest BCUT2D eigenvalue weighted by Crippen LogP contribution is -2.40. The molecule has 0 radical (unpaired) electrons. The Kier molecular flexibility index (Phi) is 5.00. The molecule has 2 aromatic rings. The number of hydrogen-bond donors (Lipinski definition) is 1. The van der Waals surface area contributed by atoms with Gasteiger partial charge in [0.1, 0.15) is 11.6 Å². The number of nitrogens with zero attached hydrogens (tertiary/aromatic N) is 3. The van der Waals surface area contributed by atoms with Gasteiger partial charge in [-0.2, -0.15) is 0 Å². The van der Waals surface area contributed by atoms with Gasteiger partial charge < -0.3 is 14.8 Å². The van der Waals surface area contributed by atoms with Gasteiger partial charge in [0.05, 0.1) is 13.0 Å². The van der Waals surface area contributed by atoms with E-state index in [2.05, 4.69) is 21.8 Å². The molecule has 1 N–H and O–H groups in total. The van der Waals surface area contributed by atoms with Crippen LogP contribution in [0.2, 0.25) is 0 Å². The molecule has 2 fully saturated rings. The number of hydrogen-bond acceptors (Lipinski definition) is 3. The zero-order valence-electron chi connectivity index (χ0n) is 15.8. The zero-order chi connectivity index (χ0) is 18.9. The molecule has 1 unspecified atom stereocenters. The van der Waals surface area contributed by atoms with Crippen LogP contribution in [0.4, 0.5) is 4.39 Å². The number of piperidine rings is 1. The largest absolute Gasteiger partial charge is 0.334 e. The number of nitrogens with one attached hydrogen (secondary N) is 1. The number of halogens is 1. The zero-order valence-corrected chi connectivity index (χ0v) is 15.8. The monoisotopic (exact) mass is 370 g/mol. The number of benzene rings is 1. The van der Waals surface area contributed by atoms with Crippen LogP contribution >= 0.6 is 0 Å². The number of imidazole rings is 1. The molecule has 2 aliphatic rings. The van der Waals surface area contributed by atoms with Gasteiger partial charge in [0.15, 0.2) is 0 Å². The van der Waals surface area contributed by atoms with Crippen molar-refractivity contribution >= 4 is 5.91 Å². The van der Waals surface area contributed by atoms with Crippen LogP contribution in [0.15, 0.2) is 36.7 Å². The lowest BCUT2D eigenvalue weighted by atomic mass is 9.93. The van der Waals surface area contributed by atoms with Crippen LogP contribution in [0.25, 0.3) is 0 Å². The lowest BCUT2D eigenvalue weighted by molar-refractivity contribution is -0.132. The average molecular weight is 370 g/mol. The summed E-state index contributed by atoms with van der Waals surface area (Å²) < 4.78 is 16.1. The summed E-state index contributed by atoms with van der Waals surface area (Å²) in [6, 6.07) is 6.80. The summed E-state index contributed by atoms with van der Waals surface area (Å²) in [6.07, 6.45) is 7.08. The molecular formula is C21H27FN4O. The Balaban J connectivity index is 1.56. The van der Waals surface area contributed by atoms with E-state index in [9.17, 15) is 9.18 Å². The first-order valence-electron chi connectivity index (χ1n) is 9.86. The number of rotatable bonds is 6. The van der Waals surface area contributed by atoms with Crippen molar-refractivity contribution in [2.45, 2.75) is 51.7 Å². The van der Waals surface area contributed by atoms with Gasteiger partial charge in [-0.25, -0.2) is 9.37 Å². The first kappa shape index (κ1) is 18.2. The molecule has 1 aliphatic heterocycles. The maximum absolute atomic E-state index is 14.1. The van der Waals surface area contributed by atoms with E-state index in [4.69, 9.17) is 0 Å². The summed E-state index contributed by atoms with van der Waals surface area (Å²) in [5.74, 6) is 0.578. The molecule has 6 heteroatoms. The summed E-state index contributed by atoms with van der Waals surface area (Å²) in [7, 11) is 0. The normalized spacial score (nSPS) is 20.6. The Labute approximate surface area is 159 Å². The molecule has 1 amide bonds. The highest BCUT2D eigenvalue weighted by Gasteiger charge is 2.57. The summed E-state index contributed by atoms with van der Waals surface area (Å²) in [5, 5.41) is 3.41. The third-order valence-corrected chi connectivity index (χ3v) is 6.20. The van der Waals surface area contributed by atoms with Gasteiger partial charge in [-0.15, -0.1) is 0 Å². The number of aromatic nitrogens is 2. The summed E-state index contributed by atoms with van der Waals surface area (Å²) in [6.45, 7) is 5.41. The second kappa shape index (κ2) is 7.43. The van der Waals surface area contributed by atoms with Gasteiger partial charge in [-0.05, 0) is 56.3 Å². The highest BCUT2D eigenvalue weighted by atomic mass is 19.1. The third kappa shape index (κ3) is 3.63. The van der Waals surface area contributed by atoms with E-state index >= 15 is 0 Å². The first-order chi connectivity index (χ1) is 13.1. The molecule has 4 rings (SSSR count). The molecule has 144 valence electrons. The smallest absolute Gasteiger partial charge is 0.227 e. The molecule has 1 saturated heterocycles. The van der Waals surface area contributed by atoms with E-state index < -0.39 is 0 Å². The Morgan fingerprint density at radius 2 is 2.15 bits per heavy atom. The average Bonchev–Trinajstić information content (AvgIpc) is 3.15. The van der Waals surface area contributed by atoms with Crippen LogP contribution < -0.4 is 5.32 Å². The number of amides is 1. The molecule has 1 atom stereocenters. The van der Waals surface area contributed by atoms with Crippen molar-refractivity contribution in [1.29, 1.82) is 0 Å². The summed E-state index contributed by atoms with van der Waals surface area (Å²) in [4.78, 5) is 19.6. The van der Waals surface area contributed by atoms with Crippen molar-refractivity contribution in [3.63, 3.8) is 0 Å². The van der Waals surface area contributed by atoms with Crippen molar-refractivity contribution in [3.05, 3.63) is 53.9 Å². The molecule has 1 saturated carbocycles. The van der Waals surface area contributed by atoms with E-state index in [1.807, 2.05) is 11.1 Å². The first-order valence-corrected chi connectivity index (χ1v) is 9.86. The highest BCUT2D eigenvalue weighted by molar-refractivity contribution is 5.79. The van der Waals surface area contributed by atoms with Crippen molar-refractivity contribution in [2.75, 3.05) is 13.1 Å². The minimum absolute atomic E-state index is 0.00818. The van der Waals surface area contributed by atoms with Gasteiger partial charge in [0, 0.05) is 25.0 Å². The molecule has 27 heavy (non-hydrogen) atoms.